The lowest BCUT2D eigenvalue weighted by Crippen LogP contribution is -1.89. The third-order valence-electron chi connectivity index (χ3n) is 2.22. The zero-order valence-corrected chi connectivity index (χ0v) is 12.4. The van der Waals surface area contributed by atoms with E-state index in [1.165, 1.54) is 11.1 Å². The predicted octanol–water partition coefficient (Wildman–Crippen LogP) is 6.15. The van der Waals surface area contributed by atoms with Crippen LogP contribution in [0.4, 0.5) is 0 Å². The van der Waals surface area contributed by atoms with Crippen LogP contribution in [0.2, 0.25) is 0 Å². The minimum atomic E-state index is 0.567. The molecule has 0 aromatic heterocycles. The first-order valence-electron chi connectivity index (χ1n) is 6.58. The van der Waals surface area contributed by atoms with Crippen molar-refractivity contribution >= 4 is 12.2 Å². The fourth-order valence-electron chi connectivity index (χ4n) is 1.32. The second-order valence-corrected chi connectivity index (χ2v) is 3.45. The van der Waals surface area contributed by atoms with Gasteiger partial charge in [0.2, 0.25) is 0 Å². The molecular weight excluding hydrogens is 204 g/mol. The number of benzene rings is 1. The molecule has 0 aliphatic heterocycles. The summed E-state index contributed by atoms with van der Waals surface area (Å²) in [4.78, 5) is 0. The maximum Gasteiger partial charge on any atom is -0.0187 e. The molecule has 0 aliphatic carbocycles. The molecule has 0 spiro atoms. The van der Waals surface area contributed by atoms with Gasteiger partial charge in [-0.15, -0.1) is 0 Å². The van der Waals surface area contributed by atoms with Crippen LogP contribution in [0.1, 0.15) is 64.2 Å². The maximum absolute atomic E-state index is 3.79. The number of hydrogen-bond acceptors (Lipinski definition) is 0. The van der Waals surface area contributed by atoms with E-state index < -0.39 is 0 Å². The van der Waals surface area contributed by atoms with Gasteiger partial charge in [0.15, 0.2) is 0 Å². The molecule has 0 bridgehead atoms. The molecule has 0 unspecified atom stereocenters. The first kappa shape index (κ1) is 18.1. The molecule has 1 rings (SSSR count). The van der Waals surface area contributed by atoms with Crippen molar-refractivity contribution in [3.05, 3.63) is 48.0 Å². The van der Waals surface area contributed by atoms with Crippen molar-refractivity contribution in [2.45, 2.75) is 47.5 Å². The Bertz CT molecular complexity index is 319. The van der Waals surface area contributed by atoms with E-state index in [1.54, 1.807) is 0 Å². The van der Waals surface area contributed by atoms with Crippen LogP contribution in [0.5, 0.6) is 0 Å². The summed E-state index contributed by atoms with van der Waals surface area (Å²) in [6.07, 6.45) is 3.74. The molecule has 0 N–H and O–H groups in total. The Morgan fingerprint density at radius 2 is 1.35 bits per heavy atom. The Kier molecular flexibility index (Phi) is 11.9. The van der Waals surface area contributed by atoms with Gasteiger partial charge in [0, 0.05) is 0 Å². The third-order valence-corrected chi connectivity index (χ3v) is 2.22. The molecule has 1 aromatic rings. The molecule has 0 heterocycles. The van der Waals surface area contributed by atoms with Gasteiger partial charge in [-0.3, -0.25) is 0 Å². The molecule has 1 aromatic carbocycles. The zero-order valence-electron chi connectivity index (χ0n) is 12.4. The average molecular weight is 232 g/mol. The molecule has 0 aliphatic rings. The summed E-state index contributed by atoms with van der Waals surface area (Å²) in [7, 11) is 0. The van der Waals surface area contributed by atoms with Crippen LogP contribution in [0.25, 0.3) is 12.2 Å². The monoisotopic (exact) mass is 232 g/mol. The Morgan fingerprint density at radius 1 is 0.882 bits per heavy atom. The summed E-state index contributed by atoms with van der Waals surface area (Å²) in [6, 6.07) is 6.42. The van der Waals surface area contributed by atoms with Gasteiger partial charge >= 0.3 is 0 Å². The van der Waals surface area contributed by atoms with Gasteiger partial charge in [0.05, 0.1) is 0 Å². The van der Waals surface area contributed by atoms with E-state index >= 15 is 0 Å². The van der Waals surface area contributed by atoms with Gasteiger partial charge in [-0.25, -0.2) is 0 Å². The summed E-state index contributed by atoms with van der Waals surface area (Å²) in [5, 5.41) is 0. The highest BCUT2D eigenvalue weighted by molar-refractivity contribution is 5.64. The van der Waals surface area contributed by atoms with Crippen LogP contribution in [-0.4, -0.2) is 0 Å². The highest BCUT2D eigenvalue weighted by Gasteiger charge is 2.01. The molecule has 0 heteroatoms. The molecule has 0 nitrogen and oxygen atoms in total. The molecule has 0 atom stereocenters. The van der Waals surface area contributed by atoms with Gasteiger partial charge in [-0.05, 0) is 22.6 Å². The van der Waals surface area contributed by atoms with Gasteiger partial charge in [-0.1, -0.05) is 85.1 Å². The maximum atomic E-state index is 3.79. The Labute approximate surface area is 108 Å². The molecule has 0 saturated carbocycles. The number of hydrogen-bond donors (Lipinski definition) is 0. The van der Waals surface area contributed by atoms with E-state index in [0.717, 1.165) is 5.56 Å². The lowest BCUT2D eigenvalue weighted by Gasteiger charge is -2.08. The molecule has 0 radical (unpaired) electrons. The minimum Gasteiger partial charge on any atom is -0.0984 e. The molecule has 0 saturated heterocycles. The van der Waals surface area contributed by atoms with E-state index in [4.69, 9.17) is 0 Å². The fraction of sp³-hybridized carbons (Fsp3) is 0.412. The summed E-state index contributed by atoms with van der Waals surface area (Å²) in [5.41, 5.74) is 3.67. The van der Waals surface area contributed by atoms with Crippen LogP contribution in [0.3, 0.4) is 0 Å². The van der Waals surface area contributed by atoms with Crippen LogP contribution in [0.15, 0.2) is 31.4 Å². The SMILES string of the molecule is C=Cc1ccc(C(C)C)cc1C=C.CC.CC. The summed E-state index contributed by atoms with van der Waals surface area (Å²) < 4.78 is 0. The number of rotatable bonds is 3. The van der Waals surface area contributed by atoms with E-state index in [9.17, 15) is 0 Å². The lowest BCUT2D eigenvalue weighted by molar-refractivity contribution is 0.866. The minimum absolute atomic E-state index is 0.567. The standard InChI is InChI=1S/C13H16.2C2H6/c1-5-11-7-8-13(10(3)4)9-12(11)6-2;2*1-2/h5-10H,1-2H2,3-4H3;2*1-2H3. The Balaban J connectivity index is 0. The van der Waals surface area contributed by atoms with Crippen LogP contribution in [0, 0.1) is 0 Å². The average Bonchev–Trinajstić information content (AvgIpc) is 2.42. The van der Waals surface area contributed by atoms with Crippen molar-refractivity contribution < 1.29 is 0 Å². The van der Waals surface area contributed by atoms with Gasteiger partial charge < -0.3 is 0 Å². The third kappa shape index (κ3) is 6.11. The second kappa shape index (κ2) is 11.2. The molecule has 96 valence electrons. The molecule has 0 fully saturated rings. The summed E-state index contributed by atoms with van der Waals surface area (Å²) >= 11 is 0. The zero-order chi connectivity index (χ0) is 13.8. The lowest BCUT2D eigenvalue weighted by atomic mass is 9.97. The molecular formula is C17H28. The quantitative estimate of drug-likeness (QED) is 0.586. The molecule has 17 heavy (non-hydrogen) atoms. The highest BCUT2D eigenvalue weighted by Crippen LogP contribution is 2.20. The topological polar surface area (TPSA) is 0 Å². The van der Waals surface area contributed by atoms with E-state index in [1.807, 2.05) is 39.8 Å². The van der Waals surface area contributed by atoms with Crippen molar-refractivity contribution in [1.29, 1.82) is 0 Å². The smallest absolute Gasteiger partial charge is 0.0187 e. The predicted molar refractivity (Wildman–Crippen MR) is 83.4 cm³/mol. The summed E-state index contributed by atoms with van der Waals surface area (Å²) in [6.45, 7) is 19.9. The van der Waals surface area contributed by atoms with Crippen molar-refractivity contribution in [3.8, 4) is 0 Å². The Morgan fingerprint density at radius 3 is 1.71 bits per heavy atom. The highest BCUT2D eigenvalue weighted by atomic mass is 14.1. The van der Waals surface area contributed by atoms with Gasteiger partial charge in [0.1, 0.15) is 0 Å². The van der Waals surface area contributed by atoms with E-state index in [2.05, 4.69) is 45.2 Å². The first-order valence-corrected chi connectivity index (χ1v) is 6.58. The van der Waals surface area contributed by atoms with Crippen LogP contribution >= 0.6 is 0 Å². The van der Waals surface area contributed by atoms with Crippen molar-refractivity contribution in [2.75, 3.05) is 0 Å². The fourth-order valence-corrected chi connectivity index (χ4v) is 1.32. The van der Waals surface area contributed by atoms with Crippen LogP contribution in [-0.2, 0) is 0 Å². The largest absolute Gasteiger partial charge is 0.0984 e. The van der Waals surface area contributed by atoms with Gasteiger partial charge in [-0.2, -0.15) is 0 Å². The molecule has 0 amide bonds. The normalized spacial score (nSPS) is 8.41. The summed E-state index contributed by atoms with van der Waals surface area (Å²) in [5.74, 6) is 0.567. The van der Waals surface area contributed by atoms with Crippen LogP contribution < -0.4 is 0 Å². The van der Waals surface area contributed by atoms with Crippen molar-refractivity contribution in [1.82, 2.24) is 0 Å². The van der Waals surface area contributed by atoms with E-state index in [-0.39, 0.29) is 0 Å². The second-order valence-electron chi connectivity index (χ2n) is 3.45. The first-order chi connectivity index (χ1) is 8.19. The van der Waals surface area contributed by atoms with E-state index in [0.29, 0.717) is 5.92 Å². The van der Waals surface area contributed by atoms with Crippen molar-refractivity contribution in [3.63, 3.8) is 0 Å². The van der Waals surface area contributed by atoms with Crippen molar-refractivity contribution in [2.24, 2.45) is 0 Å². The Hall–Kier alpha value is -1.30. The van der Waals surface area contributed by atoms with Gasteiger partial charge in [0.25, 0.3) is 0 Å².